The third-order valence-corrected chi connectivity index (χ3v) is 5.57. The Kier molecular flexibility index (Phi) is 2.61. The zero-order valence-corrected chi connectivity index (χ0v) is 13.7. The molecule has 23 heavy (non-hydrogen) atoms. The Morgan fingerprint density at radius 2 is 1.57 bits per heavy atom. The number of benzene rings is 3. The SMILES string of the molecule is Cc1cc2c(c3c1C=CCC3)-c1c(cc(C)c3ccccc13)C2. The molecule has 0 fully saturated rings. The van der Waals surface area contributed by atoms with E-state index in [1.165, 1.54) is 57.0 Å². The maximum absolute atomic E-state index is 2.42. The van der Waals surface area contributed by atoms with Crippen LogP contribution in [0.1, 0.15) is 39.8 Å². The molecule has 0 spiro atoms. The Morgan fingerprint density at radius 1 is 0.826 bits per heavy atom. The largest absolute Gasteiger partial charge is 0.0836 e. The van der Waals surface area contributed by atoms with Gasteiger partial charge in [-0.3, -0.25) is 0 Å². The molecule has 0 N–H and O–H groups in total. The summed E-state index contributed by atoms with van der Waals surface area (Å²) in [7, 11) is 0. The first kappa shape index (κ1) is 13.1. The summed E-state index contributed by atoms with van der Waals surface area (Å²) in [5.41, 5.74) is 12.0. The normalized spacial score (nSPS) is 14.7. The van der Waals surface area contributed by atoms with Crippen molar-refractivity contribution in [2.75, 3.05) is 0 Å². The number of fused-ring (bicyclic) bond motifs is 7. The number of rotatable bonds is 0. The van der Waals surface area contributed by atoms with Gasteiger partial charge in [-0.1, -0.05) is 48.6 Å². The summed E-state index contributed by atoms with van der Waals surface area (Å²) in [5, 5.41) is 2.83. The maximum atomic E-state index is 2.42. The predicted molar refractivity (Wildman–Crippen MR) is 99.0 cm³/mol. The van der Waals surface area contributed by atoms with Gasteiger partial charge in [0.2, 0.25) is 0 Å². The summed E-state index contributed by atoms with van der Waals surface area (Å²) >= 11 is 0. The Hall–Kier alpha value is -2.34. The van der Waals surface area contributed by atoms with Crippen molar-refractivity contribution in [1.82, 2.24) is 0 Å². The fourth-order valence-electron chi connectivity index (χ4n) is 4.62. The molecule has 0 amide bonds. The molecule has 2 aliphatic carbocycles. The van der Waals surface area contributed by atoms with Crippen LogP contribution in [0.15, 0.2) is 42.5 Å². The third kappa shape index (κ3) is 1.72. The molecule has 0 aromatic heterocycles. The summed E-state index contributed by atoms with van der Waals surface area (Å²) in [4.78, 5) is 0. The Bertz CT molecular complexity index is 1000. The Labute approximate surface area is 137 Å². The fraction of sp³-hybridized carbons (Fsp3) is 0.217. The van der Waals surface area contributed by atoms with Crippen LogP contribution in [-0.4, -0.2) is 0 Å². The molecule has 0 saturated carbocycles. The van der Waals surface area contributed by atoms with Gasteiger partial charge in [0.15, 0.2) is 0 Å². The van der Waals surface area contributed by atoms with Crippen molar-refractivity contribution in [1.29, 1.82) is 0 Å². The van der Waals surface area contributed by atoms with E-state index < -0.39 is 0 Å². The van der Waals surface area contributed by atoms with E-state index in [1.54, 1.807) is 11.1 Å². The van der Waals surface area contributed by atoms with Crippen LogP contribution in [0.25, 0.3) is 28.0 Å². The highest BCUT2D eigenvalue weighted by molar-refractivity contribution is 6.04. The van der Waals surface area contributed by atoms with Gasteiger partial charge < -0.3 is 0 Å². The smallest absolute Gasteiger partial charge is 0.00129 e. The van der Waals surface area contributed by atoms with Crippen LogP contribution in [0, 0.1) is 13.8 Å². The van der Waals surface area contributed by atoms with E-state index >= 15 is 0 Å². The van der Waals surface area contributed by atoms with Gasteiger partial charge in [0.05, 0.1) is 0 Å². The molecule has 2 aliphatic rings. The van der Waals surface area contributed by atoms with Crippen LogP contribution in [0.3, 0.4) is 0 Å². The number of hydrogen-bond donors (Lipinski definition) is 0. The first-order chi connectivity index (χ1) is 11.2. The van der Waals surface area contributed by atoms with Gasteiger partial charge in [-0.25, -0.2) is 0 Å². The van der Waals surface area contributed by atoms with Gasteiger partial charge in [0, 0.05) is 0 Å². The lowest BCUT2D eigenvalue weighted by atomic mass is 9.85. The van der Waals surface area contributed by atoms with Crippen molar-refractivity contribution in [2.45, 2.75) is 33.1 Å². The van der Waals surface area contributed by atoms with Crippen LogP contribution >= 0.6 is 0 Å². The molecule has 5 rings (SSSR count). The lowest BCUT2D eigenvalue weighted by Crippen LogP contribution is -2.01. The highest BCUT2D eigenvalue weighted by atomic mass is 14.3. The van der Waals surface area contributed by atoms with Gasteiger partial charge in [0.25, 0.3) is 0 Å². The molecule has 0 nitrogen and oxygen atoms in total. The van der Waals surface area contributed by atoms with Crippen molar-refractivity contribution in [3.05, 3.63) is 75.9 Å². The van der Waals surface area contributed by atoms with Gasteiger partial charge in [-0.15, -0.1) is 0 Å². The lowest BCUT2D eigenvalue weighted by Gasteiger charge is -2.19. The topological polar surface area (TPSA) is 0 Å². The van der Waals surface area contributed by atoms with Crippen molar-refractivity contribution in [3.8, 4) is 11.1 Å². The van der Waals surface area contributed by atoms with E-state index in [1.807, 2.05) is 0 Å². The quantitative estimate of drug-likeness (QED) is 0.374. The van der Waals surface area contributed by atoms with Crippen molar-refractivity contribution in [2.24, 2.45) is 0 Å². The lowest BCUT2D eigenvalue weighted by molar-refractivity contribution is 0.981. The minimum Gasteiger partial charge on any atom is -0.0836 e. The monoisotopic (exact) mass is 296 g/mol. The molecule has 0 unspecified atom stereocenters. The molecular formula is C23H20. The van der Waals surface area contributed by atoms with Crippen LogP contribution in [0.5, 0.6) is 0 Å². The van der Waals surface area contributed by atoms with E-state index in [0.29, 0.717) is 0 Å². The third-order valence-electron chi connectivity index (χ3n) is 5.57. The average Bonchev–Trinajstić information content (AvgIpc) is 2.93. The van der Waals surface area contributed by atoms with Crippen molar-refractivity contribution < 1.29 is 0 Å². The van der Waals surface area contributed by atoms with E-state index in [0.717, 1.165) is 6.42 Å². The molecule has 0 aliphatic heterocycles. The summed E-state index contributed by atoms with van der Waals surface area (Å²) in [6.07, 6.45) is 8.10. The van der Waals surface area contributed by atoms with Crippen LogP contribution in [0.2, 0.25) is 0 Å². The van der Waals surface area contributed by atoms with E-state index in [-0.39, 0.29) is 0 Å². The molecular weight excluding hydrogens is 276 g/mol. The van der Waals surface area contributed by atoms with Crippen LogP contribution < -0.4 is 0 Å². The molecule has 0 radical (unpaired) electrons. The first-order valence-corrected chi connectivity index (χ1v) is 8.57. The number of hydrogen-bond acceptors (Lipinski definition) is 0. The van der Waals surface area contributed by atoms with Crippen molar-refractivity contribution >= 4 is 16.8 Å². The molecule has 3 aromatic rings. The molecule has 3 aromatic carbocycles. The molecule has 112 valence electrons. The zero-order valence-electron chi connectivity index (χ0n) is 13.7. The second kappa shape index (κ2) is 4.58. The molecule has 0 heterocycles. The summed E-state index contributed by atoms with van der Waals surface area (Å²) < 4.78 is 0. The molecule has 0 heteroatoms. The summed E-state index contributed by atoms with van der Waals surface area (Å²) in [6, 6.07) is 13.8. The minimum absolute atomic E-state index is 1.09. The van der Waals surface area contributed by atoms with E-state index in [2.05, 4.69) is 62.4 Å². The minimum atomic E-state index is 1.09. The van der Waals surface area contributed by atoms with Gasteiger partial charge in [-0.2, -0.15) is 0 Å². The second-order valence-electron chi connectivity index (χ2n) is 7.01. The van der Waals surface area contributed by atoms with Gasteiger partial charge in [-0.05, 0) is 88.4 Å². The number of aryl methyl sites for hydroxylation is 2. The van der Waals surface area contributed by atoms with E-state index in [9.17, 15) is 0 Å². The average molecular weight is 296 g/mol. The first-order valence-electron chi connectivity index (χ1n) is 8.57. The fourth-order valence-corrected chi connectivity index (χ4v) is 4.62. The van der Waals surface area contributed by atoms with Crippen molar-refractivity contribution in [3.63, 3.8) is 0 Å². The Morgan fingerprint density at radius 3 is 2.43 bits per heavy atom. The van der Waals surface area contributed by atoms with Crippen LogP contribution in [-0.2, 0) is 12.8 Å². The van der Waals surface area contributed by atoms with Crippen LogP contribution in [0.4, 0.5) is 0 Å². The van der Waals surface area contributed by atoms with Gasteiger partial charge in [0.1, 0.15) is 0 Å². The molecule has 0 bridgehead atoms. The van der Waals surface area contributed by atoms with Gasteiger partial charge >= 0.3 is 0 Å². The Balaban J connectivity index is 1.94. The summed E-state index contributed by atoms with van der Waals surface area (Å²) in [6.45, 7) is 4.51. The summed E-state index contributed by atoms with van der Waals surface area (Å²) in [5.74, 6) is 0. The maximum Gasteiger partial charge on any atom is -0.00129 e. The highest BCUT2D eigenvalue weighted by Crippen LogP contribution is 2.47. The number of allylic oxidation sites excluding steroid dienone is 1. The molecule has 0 atom stereocenters. The second-order valence-corrected chi connectivity index (χ2v) is 7.01. The zero-order chi connectivity index (χ0) is 15.6. The molecule has 0 saturated heterocycles. The highest BCUT2D eigenvalue weighted by Gasteiger charge is 2.27. The standard InChI is InChI=1S/C23H20/c1-14-11-16-13-17-12-15(2)19-8-4-6-10-21(19)23(17)22(16)20-9-5-3-7-18(14)20/h3-5,7-9,11-12H,6,10,13H2,1-2H3. The predicted octanol–water partition coefficient (Wildman–Crippen LogP) is 5.99. The van der Waals surface area contributed by atoms with E-state index in [4.69, 9.17) is 0 Å².